The van der Waals surface area contributed by atoms with E-state index in [-0.39, 0.29) is 5.92 Å². The molecule has 17 heavy (non-hydrogen) atoms. The molecule has 1 atom stereocenters. The highest BCUT2D eigenvalue weighted by molar-refractivity contribution is 5.89. The molecule has 1 aromatic carbocycles. The van der Waals surface area contributed by atoms with Gasteiger partial charge in [0.25, 0.3) is 0 Å². The third-order valence-electron chi connectivity index (χ3n) is 4.02. The SMILES string of the molecule is COc1cccc2c1C(CC1CC1)C(=O)CC2. The van der Waals surface area contributed by atoms with E-state index < -0.39 is 0 Å². The zero-order valence-corrected chi connectivity index (χ0v) is 10.2. The average Bonchev–Trinajstić information content (AvgIpc) is 3.16. The first-order valence-electron chi connectivity index (χ1n) is 6.48. The predicted octanol–water partition coefficient (Wildman–Crippen LogP) is 3.09. The zero-order valence-electron chi connectivity index (χ0n) is 10.2. The fourth-order valence-electron chi connectivity index (χ4n) is 2.91. The number of rotatable bonds is 3. The van der Waals surface area contributed by atoms with E-state index in [0.717, 1.165) is 24.5 Å². The van der Waals surface area contributed by atoms with Crippen LogP contribution in [0.25, 0.3) is 0 Å². The molecule has 0 aliphatic heterocycles. The van der Waals surface area contributed by atoms with Crippen LogP contribution in [0.4, 0.5) is 0 Å². The molecule has 0 amide bonds. The quantitative estimate of drug-likeness (QED) is 0.797. The minimum absolute atomic E-state index is 0.0994. The lowest BCUT2D eigenvalue weighted by Crippen LogP contribution is -2.21. The van der Waals surface area contributed by atoms with E-state index >= 15 is 0 Å². The number of ether oxygens (including phenoxy) is 1. The van der Waals surface area contributed by atoms with Crippen LogP contribution < -0.4 is 4.74 Å². The Hall–Kier alpha value is -1.31. The van der Waals surface area contributed by atoms with Gasteiger partial charge in [0, 0.05) is 17.9 Å². The lowest BCUT2D eigenvalue weighted by Gasteiger charge is -2.26. The first-order chi connectivity index (χ1) is 8.29. The van der Waals surface area contributed by atoms with Gasteiger partial charge < -0.3 is 4.74 Å². The number of hydrogen-bond acceptors (Lipinski definition) is 2. The van der Waals surface area contributed by atoms with Crippen molar-refractivity contribution in [2.24, 2.45) is 5.92 Å². The maximum Gasteiger partial charge on any atom is 0.140 e. The van der Waals surface area contributed by atoms with Crippen LogP contribution >= 0.6 is 0 Å². The van der Waals surface area contributed by atoms with Gasteiger partial charge in [-0.25, -0.2) is 0 Å². The van der Waals surface area contributed by atoms with Crippen molar-refractivity contribution in [3.8, 4) is 5.75 Å². The summed E-state index contributed by atoms with van der Waals surface area (Å²) in [5.74, 6) is 2.19. The predicted molar refractivity (Wildman–Crippen MR) is 66.4 cm³/mol. The van der Waals surface area contributed by atoms with Gasteiger partial charge in [0.2, 0.25) is 0 Å². The van der Waals surface area contributed by atoms with Crippen molar-refractivity contribution >= 4 is 5.78 Å². The van der Waals surface area contributed by atoms with Gasteiger partial charge in [-0.2, -0.15) is 0 Å². The minimum Gasteiger partial charge on any atom is -0.496 e. The first kappa shape index (κ1) is 10.8. The molecule has 1 unspecified atom stereocenters. The van der Waals surface area contributed by atoms with E-state index in [4.69, 9.17) is 4.74 Å². The number of Topliss-reactive ketones (excluding diaryl/α,β-unsaturated/α-hetero) is 1. The van der Waals surface area contributed by atoms with Gasteiger partial charge >= 0.3 is 0 Å². The summed E-state index contributed by atoms with van der Waals surface area (Å²) in [6.07, 6.45) is 5.22. The number of hydrogen-bond donors (Lipinski definition) is 0. The Labute approximate surface area is 102 Å². The Bertz CT molecular complexity index is 432. The first-order valence-corrected chi connectivity index (χ1v) is 6.48. The van der Waals surface area contributed by atoms with Crippen LogP contribution in [0.3, 0.4) is 0 Å². The largest absolute Gasteiger partial charge is 0.496 e. The molecule has 2 nitrogen and oxygen atoms in total. The van der Waals surface area contributed by atoms with Crippen molar-refractivity contribution in [1.82, 2.24) is 0 Å². The summed E-state index contributed by atoms with van der Waals surface area (Å²) in [7, 11) is 1.70. The molecule has 0 heterocycles. The second-order valence-corrected chi connectivity index (χ2v) is 5.23. The molecule has 90 valence electrons. The molecule has 3 rings (SSSR count). The molecule has 0 bridgehead atoms. The Morgan fingerprint density at radius 2 is 2.12 bits per heavy atom. The van der Waals surface area contributed by atoms with Gasteiger partial charge in [-0.05, 0) is 30.4 Å². The number of aryl methyl sites for hydroxylation is 1. The normalized spacial score (nSPS) is 23.4. The van der Waals surface area contributed by atoms with E-state index in [1.54, 1.807) is 7.11 Å². The van der Waals surface area contributed by atoms with E-state index in [1.807, 2.05) is 12.1 Å². The third kappa shape index (κ3) is 1.97. The monoisotopic (exact) mass is 230 g/mol. The van der Waals surface area contributed by atoms with Crippen LogP contribution in [-0.2, 0) is 11.2 Å². The molecule has 2 heteroatoms. The topological polar surface area (TPSA) is 26.3 Å². The molecule has 2 aliphatic carbocycles. The minimum atomic E-state index is 0.0994. The second kappa shape index (κ2) is 4.17. The summed E-state index contributed by atoms with van der Waals surface area (Å²) < 4.78 is 5.44. The van der Waals surface area contributed by atoms with Crippen LogP contribution in [0.15, 0.2) is 18.2 Å². The van der Waals surface area contributed by atoms with Crippen molar-refractivity contribution < 1.29 is 9.53 Å². The van der Waals surface area contributed by atoms with Gasteiger partial charge in [-0.3, -0.25) is 4.79 Å². The molecule has 0 radical (unpaired) electrons. The van der Waals surface area contributed by atoms with Crippen molar-refractivity contribution in [1.29, 1.82) is 0 Å². The Kier molecular flexibility index (Phi) is 2.65. The maximum absolute atomic E-state index is 12.1. The molecule has 2 aliphatic rings. The average molecular weight is 230 g/mol. The van der Waals surface area contributed by atoms with Crippen molar-refractivity contribution in [2.45, 2.75) is 38.0 Å². The molecule has 1 aromatic rings. The highest BCUT2D eigenvalue weighted by Gasteiger charge is 2.35. The molecule has 0 spiro atoms. The van der Waals surface area contributed by atoms with Crippen molar-refractivity contribution in [3.63, 3.8) is 0 Å². The summed E-state index contributed by atoms with van der Waals surface area (Å²) >= 11 is 0. The molecule has 0 N–H and O–H groups in total. The lowest BCUT2D eigenvalue weighted by molar-refractivity contribution is -0.121. The van der Waals surface area contributed by atoms with Crippen molar-refractivity contribution in [3.05, 3.63) is 29.3 Å². The Morgan fingerprint density at radius 3 is 2.82 bits per heavy atom. The summed E-state index contributed by atoms with van der Waals surface area (Å²) in [5, 5.41) is 0. The molecular weight excluding hydrogens is 212 g/mol. The van der Waals surface area contributed by atoms with Crippen LogP contribution in [0.5, 0.6) is 5.75 Å². The summed E-state index contributed by atoms with van der Waals surface area (Å²) in [6.45, 7) is 0. The van der Waals surface area contributed by atoms with Gasteiger partial charge in [0.1, 0.15) is 11.5 Å². The maximum atomic E-state index is 12.1. The van der Waals surface area contributed by atoms with Crippen LogP contribution in [-0.4, -0.2) is 12.9 Å². The van der Waals surface area contributed by atoms with E-state index in [9.17, 15) is 4.79 Å². The van der Waals surface area contributed by atoms with E-state index in [1.165, 1.54) is 24.0 Å². The summed E-state index contributed by atoms with van der Waals surface area (Å²) in [4.78, 5) is 12.1. The fraction of sp³-hybridized carbons (Fsp3) is 0.533. The summed E-state index contributed by atoms with van der Waals surface area (Å²) in [6, 6.07) is 6.16. The number of methoxy groups -OCH3 is 1. The fourth-order valence-corrected chi connectivity index (χ4v) is 2.91. The van der Waals surface area contributed by atoms with Crippen LogP contribution in [0, 0.1) is 5.92 Å². The molecule has 1 saturated carbocycles. The number of ketones is 1. The molecule has 1 fully saturated rings. The Balaban J connectivity index is 2.01. The van der Waals surface area contributed by atoms with Gasteiger partial charge in [0.05, 0.1) is 7.11 Å². The molecule has 0 saturated heterocycles. The second-order valence-electron chi connectivity index (χ2n) is 5.23. The molecule has 0 aromatic heterocycles. The summed E-state index contributed by atoms with van der Waals surface area (Å²) in [5.41, 5.74) is 2.49. The number of carbonyl (C=O) groups is 1. The highest BCUT2D eigenvalue weighted by atomic mass is 16.5. The van der Waals surface area contributed by atoms with Crippen molar-refractivity contribution in [2.75, 3.05) is 7.11 Å². The van der Waals surface area contributed by atoms with Gasteiger partial charge in [0.15, 0.2) is 0 Å². The number of fused-ring (bicyclic) bond motifs is 1. The lowest BCUT2D eigenvalue weighted by atomic mass is 9.78. The van der Waals surface area contributed by atoms with E-state index in [0.29, 0.717) is 12.2 Å². The van der Waals surface area contributed by atoms with Crippen LogP contribution in [0.2, 0.25) is 0 Å². The van der Waals surface area contributed by atoms with E-state index in [2.05, 4.69) is 6.07 Å². The van der Waals surface area contributed by atoms with Gasteiger partial charge in [-0.1, -0.05) is 25.0 Å². The third-order valence-corrected chi connectivity index (χ3v) is 4.02. The molecular formula is C15H18O2. The Morgan fingerprint density at radius 1 is 1.29 bits per heavy atom. The number of carbonyl (C=O) groups excluding carboxylic acids is 1. The number of benzene rings is 1. The highest BCUT2D eigenvalue weighted by Crippen LogP contribution is 2.44. The van der Waals surface area contributed by atoms with Crippen LogP contribution in [0.1, 0.15) is 42.7 Å². The zero-order chi connectivity index (χ0) is 11.8. The smallest absolute Gasteiger partial charge is 0.140 e. The standard InChI is InChI=1S/C15H18O2/c1-17-14-4-2-3-11-7-8-13(16)12(15(11)14)9-10-5-6-10/h2-4,10,12H,5-9H2,1H3. The van der Waals surface area contributed by atoms with Gasteiger partial charge in [-0.15, -0.1) is 0 Å².